The van der Waals surface area contributed by atoms with Gasteiger partial charge in [-0.1, -0.05) is 41.4 Å². The van der Waals surface area contributed by atoms with E-state index in [1.165, 1.54) is 0 Å². The molecular weight excluding hydrogens is 540 g/mol. The Morgan fingerprint density at radius 1 is 0.758 bits per heavy atom. The van der Waals surface area contributed by atoms with Crippen molar-refractivity contribution in [3.05, 3.63) is 86.2 Å². The summed E-state index contributed by atoms with van der Waals surface area (Å²) < 4.78 is 0. The molecule has 0 bridgehead atoms. The molecule has 1 heterocycles. The van der Waals surface area contributed by atoms with Gasteiger partial charge < -0.3 is 0 Å². The Morgan fingerprint density at radius 2 is 1.15 bits per heavy atom. The van der Waals surface area contributed by atoms with Gasteiger partial charge in [0.1, 0.15) is 0 Å². The normalized spacial score (nSPS) is 11.3. The van der Waals surface area contributed by atoms with E-state index in [2.05, 4.69) is 22.1 Å². The van der Waals surface area contributed by atoms with Crippen LogP contribution >= 0.6 is 43.4 Å². The van der Waals surface area contributed by atoms with Crippen molar-refractivity contribution in [2.45, 2.75) is 40.5 Å². The van der Waals surface area contributed by atoms with Gasteiger partial charge in [-0.2, -0.15) is 0 Å². The van der Waals surface area contributed by atoms with Crippen LogP contribution in [0.25, 0.3) is 0 Å². The molecule has 0 spiro atoms. The molecule has 0 amide bonds. The zero-order valence-electron chi connectivity index (χ0n) is 18.8. The molecule has 0 saturated carbocycles. The fourth-order valence-electron chi connectivity index (χ4n) is 3.36. The summed E-state index contributed by atoms with van der Waals surface area (Å²) in [7, 11) is 9.53. The van der Waals surface area contributed by atoms with Crippen molar-refractivity contribution in [2.24, 2.45) is 9.98 Å². The minimum atomic E-state index is 0.194. The minimum absolute atomic E-state index is 0.194. The first-order valence-corrected chi connectivity index (χ1v) is 13.9. The fourth-order valence-corrected chi connectivity index (χ4v) is 4.10. The molecular formula is C25H25Cl4FeN3. The van der Waals surface area contributed by atoms with Crippen molar-refractivity contribution in [2.75, 3.05) is 0 Å². The van der Waals surface area contributed by atoms with E-state index in [9.17, 15) is 0 Å². The number of rotatable bonds is 6. The zero-order chi connectivity index (χ0) is 24.4. The molecule has 3 aromatic rings. The molecule has 8 heteroatoms. The molecule has 0 saturated heterocycles. The summed E-state index contributed by atoms with van der Waals surface area (Å²) in [5, 5.41) is 1.35. The summed E-state index contributed by atoms with van der Waals surface area (Å²) in [5.74, 6) is 0. The molecule has 1 aromatic heterocycles. The summed E-state index contributed by atoms with van der Waals surface area (Å²) in [6.07, 6.45) is 4.99. The van der Waals surface area contributed by atoms with Gasteiger partial charge in [0, 0.05) is 36.7 Å². The standard InChI is InChI=1S/C25H25Cl2N3.2ClH.Fe/c1-16-12-18(3)24(22(26)14-16)28-10-8-20-6-5-7-21(30-20)9-11-29-25-19(4)13-17(2)15-23(25)27;;;/h5-7,10-15H,8-9H2,1-4H3;2*1H;/q;;;+2/p-2. The number of benzene rings is 2. The van der Waals surface area contributed by atoms with Gasteiger partial charge in [0.05, 0.1) is 21.4 Å². The van der Waals surface area contributed by atoms with Crippen LogP contribution in [0.2, 0.25) is 10.0 Å². The maximum atomic E-state index is 6.33. The third-order valence-corrected chi connectivity index (χ3v) is 5.28. The molecule has 0 aliphatic carbocycles. The Labute approximate surface area is 220 Å². The summed E-state index contributed by atoms with van der Waals surface area (Å²) in [4.78, 5) is 13.8. The van der Waals surface area contributed by atoms with Gasteiger partial charge in [-0.05, 0) is 74.2 Å². The first-order valence-electron chi connectivity index (χ1n) is 10.1. The second-order valence-electron chi connectivity index (χ2n) is 7.53. The van der Waals surface area contributed by atoms with E-state index in [0.29, 0.717) is 22.9 Å². The molecule has 2 aromatic carbocycles. The van der Waals surface area contributed by atoms with Crippen LogP contribution in [-0.2, 0) is 26.0 Å². The third kappa shape index (κ3) is 9.05. The van der Waals surface area contributed by atoms with Crippen LogP contribution in [0.15, 0.2) is 52.4 Å². The number of hydrogen-bond donors (Lipinski definition) is 0. The molecule has 3 nitrogen and oxygen atoms in total. The molecule has 0 unspecified atom stereocenters. The molecule has 176 valence electrons. The van der Waals surface area contributed by atoms with Crippen LogP contribution in [-0.4, -0.2) is 17.4 Å². The third-order valence-electron chi connectivity index (χ3n) is 4.70. The van der Waals surface area contributed by atoms with Crippen molar-refractivity contribution in [3.8, 4) is 0 Å². The van der Waals surface area contributed by atoms with Crippen LogP contribution in [0.5, 0.6) is 0 Å². The fraction of sp³-hybridized carbons (Fsp3) is 0.240. The van der Waals surface area contributed by atoms with Gasteiger partial charge in [-0.3, -0.25) is 15.0 Å². The predicted octanol–water partition coefficient (Wildman–Crippen LogP) is 8.89. The van der Waals surface area contributed by atoms with Crippen LogP contribution in [0.3, 0.4) is 0 Å². The molecule has 0 radical (unpaired) electrons. The number of aliphatic imine (C=N–C) groups is 2. The maximum absolute atomic E-state index is 6.33. The second kappa shape index (κ2) is 14.1. The first kappa shape index (κ1) is 27.9. The molecule has 33 heavy (non-hydrogen) atoms. The Hall–Kier alpha value is -1.39. The second-order valence-corrected chi connectivity index (χ2v) is 10.2. The molecule has 0 aliphatic rings. The van der Waals surface area contributed by atoms with Crippen molar-refractivity contribution >= 4 is 67.2 Å². The van der Waals surface area contributed by atoms with E-state index in [0.717, 1.165) is 45.0 Å². The number of pyridine rings is 1. The van der Waals surface area contributed by atoms with Crippen molar-refractivity contribution < 1.29 is 13.1 Å². The summed E-state index contributed by atoms with van der Waals surface area (Å²) in [5.41, 5.74) is 7.94. The van der Waals surface area contributed by atoms with Gasteiger partial charge in [0.25, 0.3) is 0 Å². The van der Waals surface area contributed by atoms with E-state index in [4.69, 9.17) is 48.4 Å². The van der Waals surface area contributed by atoms with Crippen LogP contribution in [0.1, 0.15) is 33.6 Å². The van der Waals surface area contributed by atoms with Gasteiger partial charge in [0.2, 0.25) is 0 Å². The van der Waals surface area contributed by atoms with Gasteiger partial charge >= 0.3 is 33.3 Å². The number of nitrogens with zero attached hydrogens (tertiary/aromatic N) is 3. The molecule has 0 aliphatic heterocycles. The number of hydrogen-bond acceptors (Lipinski definition) is 3. The zero-order valence-corrected chi connectivity index (χ0v) is 22.9. The monoisotopic (exact) mass is 563 g/mol. The molecule has 0 atom stereocenters. The summed E-state index contributed by atoms with van der Waals surface area (Å²) in [6, 6.07) is 14.0. The molecule has 3 rings (SSSR count). The average molecular weight is 565 g/mol. The van der Waals surface area contributed by atoms with E-state index in [1.807, 2.05) is 70.5 Å². The van der Waals surface area contributed by atoms with Gasteiger partial charge in [-0.25, -0.2) is 0 Å². The topological polar surface area (TPSA) is 37.6 Å². The van der Waals surface area contributed by atoms with E-state index in [-0.39, 0.29) is 13.1 Å². The van der Waals surface area contributed by atoms with Gasteiger partial charge in [0.15, 0.2) is 0 Å². The van der Waals surface area contributed by atoms with Crippen LogP contribution < -0.4 is 0 Å². The van der Waals surface area contributed by atoms with E-state index in [1.54, 1.807) is 0 Å². The Kier molecular flexibility index (Phi) is 11.9. The first-order chi connectivity index (χ1) is 15.7. The Morgan fingerprint density at radius 3 is 1.52 bits per heavy atom. The Balaban J connectivity index is 0.00000122. The number of aryl methyl sites for hydroxylation is 4. The summed E-state index contributed by atoms with van der Waals surface area (Å²) in [6.45, 7) is 8.09. The van der Waals surface area contributed by atoms with E-state index < -0.39 is 0 Å². The van der Waals surface area contributed by atoms with Crippen molar-refractivity contribution in [1.29, 1.82) is 0 Å². The number of aromatic nitrogens is 1. The van der Waals surface area contributed by atoms with Crippen molar-refractivity contribution in [3.63, 3.8) is 0 Å². The molecule has 0 fully saturated rings. The predicted molar refractivity (Wildman–Crippen MR) is 142 cm³/mol. The van der Waals surface area contributed by atoms with Gasteiger partial charge in [-0.15, -0.1) is 0 Å². The molecule has 0 N–H and O–H groups in total. The van der Waals surface area contributed by atoms with Crippen LogP contribution in [0, 0.1) is 27.7 Å². The van der Waals surface area contributed by atoms with E-state index >= 15 is 0 Å². The average Bonchev–Trinajstić information content (AvgIpc) is 2.73. The van der Waals surface area contributed by atoms with Crippen LogP contribution in [0.4, 0.5) is 11.4 Å². The SMILES string of the molecule is Cc1cc(C)c(N=CCc2cccc(CC=Nc3c(C)cc(C)cc3Cl)n2)c(Cl)c1.[Cl][Fe][Cl]. The quantitative estimate of drug-likeness (QED) is 0.217. The summed E-state index contributed by atoms with van der Waals surface area (Å²) >= 11 is 12.8. The Bertz CT molecular complexity index is 1020. The number of halogens is 4. The van der Waals surface area contributed by atoms with Crippen molar-refractivity contribution in [1.82, 2.24) is 4.98 Å².